The van der Waals surface area contributed by atoms with Crippen LogP contribution in [0, 0.1) is 0 Å². The molecule has 1 unspecified atom stereocenters. The average molecular weight is 220 g/mol. The molecule has 0 spiro atoms. The Morgan fingerprint density at radius 3 is 2.75 bits per heavy atom. The van der Waals surface area contributed by atoms with Crippen molar-refractivity contribution in [1.82, 2.24) is 0 Å². The van der Waals surface area contributed by atoms with Crippen LogP contribution in [0.3, 0.4) is 0 Å². The van der Waals surface area contributed by atoms with Crippen molar-refractivity contribution in [1.29, 1.82) is 0 Å². The Labute approximate surface area is 89.3 Å². The number of unbranched alkanes of at least 4 members (excludes halogenated alkanes) is 2. The molecule has 0 bridgehead atoms. The summed E-state index contributed by atoms with van der Waals surface area (Å²) in [5.74, 6) is 1.22. The molecule has 1 fully saturated rings. The predicted molar refractivity (Wildman–Crippen MR) is 65.2 cm³/mol. The normalized spacial score (nSPS) is 29.7. The molecule has 0 aromatic heterocycles. The minimum absolute atomic E-state index is 0.455. The van der Waals surface area contributed by atoms with Gasteiger partial charge in [0.05, 0.1) is 0 Å². The van der Waals surface area contributed by atoms with Crippen molar-refractivity contribution in [3.8, 4) is 0 Å². The summed E-state index contributed by atoms with van der Waals surface area (Å²) < 4.78 is 1.60. The third-order valence-electron chi connectivity index (χ3n) is 2.13. The van der Waals surface area contributed by atoms with E-state index in [0.717, 1.165) is 3.53 Å². The first-order chi connectivity index (χ1) is 5.66. The molecular formula is C9H16S3. The molecule has 1 atom stereocenters. The fraction of sp³-hybridized carbons (Fsp3) is 0.889. The van der Waals surface area contributed by atoms with Gasteiger partial charge in [-0.05, 0) is 13.3 Å². The number of rotatable bonds is 4. The molecule has 0 aromatic rings. The Hall–Kier alpha value is 0.790. The maximum Gasteiger partial charge on any atom is 0.104 e. The van der Waals surface area contributed by atoms with E-state index < -0.39 is 0 Å². The van der Waals surface area contributed by atoms with Crippen LogP contribution in [0.25, 0.3) is 0 Å². The SMILES string of the molecule is CCCCCC1(C)CSC(=S)S1. The van der Waals surface area contributed by atoms with Crippen molar-refractivity contribution in [3.05, 3.63) is 0 Å². The maximum absolute atomic E-state index is 5.17. The molecule has 0 radical (unpaired) electrons. The standard InChI is InChI=1S/C9H16S3/c1-3-4-5-6-9(2)7-11-8(10)12-9/h3-7H2,1-2H3. The minimum Gasteiger partial charge on any atom is -0.106 e. The van der Waals surface area contributed by atoms with E-state index in [4.69, 9.17) is 12.2 Å². The monoisotopic (exact) mass is 220 g/mol. The molecule has 1 aliphatic heterocycles. The highest BCUT2D eigenvalue weighted by Crippen LogP contribution is 2.44. The lowest BCUT2D eigenvalue weighted by atomic mass is 10.0. The van der Waals surface area contributed by atoms with Gasteiger partial charge in [-0.3, -0.25) is 0 Å². The van der Waals surface area contributed by atoms with Crippen LogP contribution in [0.1, 0.15) is 39.5 Å². The van der Waals surface area contributed by atoms with Gasteiger partial charge in [0.1, 0.15) is 3.53 Å². The van der Waals surface area contributed by atoms with E-state index in [2.05, 4.69) is 13.8 Å². The zero-order chi connectivity index (χ0) is 9.03. The highest BCUT2D eigenvalue weighted by molar-refractivity contribution is 8.49. The summed E-state index contributed by atoms with van der Waals surface area (Å²) in [6.45, 7) is 4.60. The van der Waals surface area contributed by atoms with Gasteiger partial charge in [0.25, 0.3) is 0 Å². The molecule has 1 aliphatic rings. The third kappa shape index (κ3) is 3.27. The predicted octanol–water partition coefficient (Wildman–Crippen LogP) is 4.09. The lowest BCUT2D eigenvalue weighted by Crippen LogP contribution is -2.18. The largest absolute Gasteiger partial charge is 0.106 e. The fourth-order valence-corrected chi connectivity index (χ4v) is 4.77. The number of thioether (sulfide) groups is 2. The van der Waals surface area contributed by atoms with E-state index in [1.54, 1.807) is 0 Å². The topological polar surface area (TPSA) is 0 Å². The lowest BCUT2D eigenvalue weighted by molar-refractivity contribution is 0.582. The van der Waals surface area contributed by atoms with E-state index in [0.29, 0.717) is 4.75 Å². The summed E-state index contributed by atoms with van der Waals surface area (Å²) >= 11 is 8.94. The molecule has 0 amide bonds. The zero-order valence-electron chi connectivity index (χ0n) is 7.76. The zero-order valence-corrected chi connectivity index (χ0v) is 10.2. The molecule has 12 heavy (non-hydrogen) atoms. The van der Waals surface area contributed by atoms with Crippen LogP contribution in [0.15, 0.2) is 0 Å². The number of hydrogen-bond donors (Lipinski definition) is 0. The van der Waals surface area contributed by atoms with Gasteiger partial charge < -0.3 is 0 Å². The molecule has 0 saturated carbocycles. The van der Waals surface area contributed by atoms with Crippen molar-refractivity contribution < 1.29 is 0 Å². The number of thiocarbonyl (C=S) groups is 1. The van der Waals surface area contributed by atoms with E-state index in [-0.39, 0.29) is 0 Å². The number of hydrogen-bond acceptors (Lipinski definition) is 3. The first kappa shape index (κ1) is 10.9. The molecule has 1 rings (SSSR count). The van der Waals surface area contributed by atoms with Gasteiger partial charge in [0.15, 0.2) is 0 Å². The van der Waals surface area contributed by atoms with Crippen LogP contribution < -0.4 is 0 Å². The minimum atomic E-state index is 0.455. The van der Waals surface area contributed by atoms with Gasteiger partial charge in [0.2, 0.25) is 0 Å². The molecule has 1 heterocycles. The van der Waals surface area contributed by atoms with Gasteiger partial charge in [-0.15, -0.1) is 23.5 Å². The summed E-state index contributed by atoms with van der Waals surface area (Å²) in [4.78, 5) is 0. The molecular weight excluding hydrogens is 204 g/mol. The Morgan fingerprint density at radius 2 is 2.25 bits per heavy atom. The Bertz CT molecular complexity index is 167. The highest BCUT2D eigenvalue weighted by Gasteiger charge is 2.32. The first-order valence-electron chi connectivity index (χ1n) is 4.52. The van der Waals surface area contributed by atoms with Crippen LogP contribution in [0.2, 0.25) is 0 Å². The van der Waals surface area contributed by atoms with E-state index in [9.17, 15) is 0 Å². The van der Waals surface area contributed by atoms with Crippen molar-refractivity contribution >= 4 is 39.3 Å². The quantitative estimate of drug-likeness (QED) is 0.517. The molecule has 3 heteroatoms. The van der Waals surface area contributed by atoms with E-state index in [1.807, 2.05) is 23.5 Å². The molecule has 0 aliphatic carbocycles. The van der Waals surface area contributed by atoms with Gasteiger partial charge in [-0.2, -0.15) is 0 Å². The molecule has 0 aromatic carbocycles. The van der Waals surface area contributed by atoms with Crippen LogP contribution >= 0.6 is 35.7 Å². The highest BCUT2D eigenvalue weighted by atomic mass is 32.2. The van der Waals surface area contributed by atoms with Crippen LogP contribution in [0.4, 0.5) is 0 Å². The van der Waals surface area contributed by atoms with Gasteiger partial charge >= 0.3 is 0 Å². The second-order valence-corrected chi connectivity index (χ2v) is 7.31. The summed E-state index contributed by atoms with van der Waals surface area (Å²) in [6.07, 6.45) is 5.38. The molecule has 1 saturated heterocycles. The molecule has 0 nitrogen and oxygen atoms in total. The second-order valence-electron chi connectivity index (χ2n) is 3.55. The van der Waals surface area contributed by atoms with Crippen LogP contribution in [-0.4, -0.2) is 14.0 Å². The Balaban J connectivity index is 2.25. The summed E-state index contributed by atoms with van der Waals surface area (Å²) in [6, 6.07) is 0. The van der Waals surface area contributed by atoms with Crippen LogP contribution in [0.5, 0.6) is 0 Å². The van der Waals surface area contributed by atoms with Crippen LogP contribution in [-0.2, 0) is 0 Å². The summed E-state index contributed by atoms with van der Waals surface area (Å²) in [7, 11) is 0. The van der Waals surface area contributed by atoms with Crippen molar-refractivity contribution in [2.24, 2.45) is 0 Å². The Morgan fingerprint density at radius 1 is 1.50 bits per heavy atom. The van der Waals surface area contributed by atoms with E-state index >= 15 is 0 Å². The van der Waals surface area contributed by atoms with Crippen molar-refractivity contribution in [2.45, 2.75) is 44.3 Å². The average Bonchev–Trinajstić information content (AvgIpc) is 2.32. The van der Waals surface area contributed by atoms with Crippen molar-refractivity contribution in [3.63, 3.8) is 0 Å². The van der Waals surface area contributed by atoms with Gasteiger partial charge in [-0.25, -0.2) is 0 Å². The van der Waals surface area contributed by atoms with Crippen molar-refractivity contribution in [2.75, 3.05) is 5.75 Å². The second kappa shape index (κ2) is 4.87. The molecule has 0 N–H and O–H groups in total. The van der Waals surface area contributed by atoms with Gasteiger partial charge in [-0.1, -0.05) is 38.4 Å². The lowest BCUT2D eigenvalue weighted by Gasteiger charge is -2.20. The molecule has 70 valence electrons. The summed E-state index contributed by atoms with van der Waals surface area (Å²) in [5, 5.41) is 0. The smallest absolute Gasteiger partial charge is 0.104 e. The maximum atomic E-state index is 5.17. The summed E-state index contributed by atoms with van der Waals surface area (Å²) in [5.41, 5.74) is 0. The third-order valence-corrected chi connectivity index (χ3v) is 5.55. The van der Waals surface area contributed by atoms with Gasteiger partial charge in [0, 0.05) is 10.5 Å². The Kier molecular flexibility index (Phi) is 4.41. The fourth-order valence-electron chi connectivity index (χ4n) is 1.34. The first-order valence-corrected chi connectivity index (χ1v) is 6.73. The van der Waals surface area contributed by atoms with E-state index in [1.165, 1.54) is 31.4 Å².